The van der Waals surface area contributed by atoms with Gasteiger partial charge in [0.05, 0.1) is 16.8 Å². The molecule has 0 saturated heterocycles. The molecule has 2 aromatic rings. The number of benzene rings is 1. The van der Waals surface area contributed by atoms with E-state index in [4.69, 9.17) is 5.26 Å². The van der Waals surface area contributed by atoms with Gasteiger partial charge in [0.1, 0.15) is 6.07 Å². The topological polar surface area (TPSA) is 65.8 Å². The van der Waals surface area contributed by atoms with Crippen molar-refractivity contribution >= 4 is 27.5 Å². The summed E-state index contributed by atoms with van der Waals surface area (Å²) in [5.74, 6) is -0.294. The molecule has 0 bridgehead atoms. The molecule has 5 heteroatoms. The minimum Gasteiger partial charge on any atom is -0.321 e. The van der Waals surface area contributed by atoms with Crippen molar-refractivity contribution in [3.63, 3.8) is 0 Å². The highest BCUT2D eigenvalue weighted by Crippen LogP contribution is 2.21. The van der Waals surface area contributed by atoms with E-state index in [0.717, 1.165) is 4.47 Å². The minimum absolute atomic E-state index is 0.294. The van der Waals surface area contributed by atoms with E-state index in [0.29, 0.717) is 16.8 Å². The first-order chi connectivity index (χ1) is 8.70. The van der Waals surface area contributed by atoms with Gasteiger partial charge in [-0.2, -0.15) is 5.26 Å². The number of hydrogen-bond donors (Lipinski definition) is 1. The number of carbonyl (C=O) groups is 1. The maximum absolute atomic E-state index is 11.9. The lowest BCUT2D eigenvalue weighted by Crippen LogP contribution is -2.13. The van der Waals surface area contributed by atoms with E-state index in [9.17, 15) is 4.79 Å². The molecule has 0 aliphatic rings. The largest absolute Gasteiger partial charge is 0.321 e. The zero-order chi connectivity index (χ0) is 13.0. The fourth-order valence-electron chi connectivity index (χ4n) is 1.41. The van der Waals surface area contributed by atoms with Crippen LogP contribution in [0.4, 0.5) is 5.69 Å². The Kier molecular flexibility index (Phi) is 3.70. The zero-order valence-corrected chi connectivity index (χ0v) is 10.8. The van der Waals surface area contributed by atoms with Crippen molar-refractivity contribution in [2.24, 2.45) is 0 Å². The number of halogens is 1. The van der Waals surface area contributed by atoms with Crippen molar-refractivity contribution in [2.45, 2.75) is 0 Å². The Hall–Kier alpha value is -2.19. The van der Waals surface area contributed by atoms with Crippen LogP contribution in [-0.2, 0) is 0 Å². The van der Waals surface area contributed by atoms with Crippen LogP contribution in [0.1, 0.15) is 15.9 Å². The second-order valence-corrected chi connectivity index (χ2v) is 4.41. The Bertz CT molecular complexity index is 620. The smallest absolute Gasteiger partial charge is 0.257 e. The summed E-state index contributed by atoms with van der Waals surface area (Å²) >= 11 is 3.30. The standard InChI is InChI=1S/C13H8BrN3O/c14-11-4-3-9(7-15)12(6-11)17-13(18)10-2-1-5-16-8-10/h1-6,8H,(H,17,18). The lowest BCUT2D eigenvalue weighted by molar-refractivity contribution is 0.102. The van der Waals surface area contributed by atoms with Gasteiger partial charge in [-0.3, -0.25) is 9.78 Å². The first-order valence-corrected chi connectivity index (χ1v) is 5.91. The van der Waals surface area contributed by atoms with Gasteiger partial charge in [-0.15, -0.1) is 0 Å². The van der Waals surface area contributed by atoms with E-state index in [2.05, 4.69) is 26.2 Å². The molecule has 0 fully saturated rings. The molecule has 88 valence electrons. The second-order valence-electron chi connectivity index (χ2n) is 3.50. The highest BCUT2D eigenvalue weighted by molar-refractivity contribution is 9.10. The molecule has 1 aromatic carbocycles. The SMILES string of the molecule is N#Cc1ccc(Br)cc1NC(=O)c1cccnc1. The third kappa shape index (κ3) is 2.73. The Balaban J connectivity index is 2.28. The summed E-state index contributed by atoms with van der Waals surface area (Å²) < 4.78 is 0.794. The number of aromatic nitrogens is 1. The van der Waals surface area contributed by atoms with Crippen LogP contribution in [0.15, 0.2) is 47.2 Å². The van der Waals surface area contributed by atoms with Crippen LogP contribution in [0.25, 0.3) is 0 Å². The molecule has 0 unspecified atom stereocenters. The first kappa shape index (κ1) is 12.3. The maximum Gasteiger partial charge on any atom is 0.257 e. The molecule has 2 rings (SSSR count). The summed E-state index contributed by atoms with van der Waals surface area (Å²) in [4.78, 5) is 15.8. The highest BCUT2D eigenvalue weighted by Gasteiger charge is 2.09. The number of anilines is 1. The minimum atomic E-state index is -0.294. The number of nitrogens with zero attached hydrogens (tertiary/aromatic N) is 2. The average Bonchev–Trinajstić information content (AvgIpc) is 2.40. The molecule has 0 aliphatic heterocycles. The number of rotatable bonds is 2. The summed E-state index contributed by atoms with van der Waals surface area (Å²) in [6.07, 6.45) is 3.07. The van der Waals surface area contributed by atoms with Crippen LogP contribution >= 0.6 is 15.9 Å². The Morgan fingerprint density at radius 3 is 2.89 bits per heavy atom. The number of hydrogen-bond acceptors (Lipinski definition) is 3. The van der Waals surface area contributed by atoms with Crippen LogP contribution in [0, 0.1) is 11.3 Å². The summed E-state index contributed by atoms with van der Waals surface area (Å²) in [5, 5.41) is 11.7. The third-order valence-corrected chi connectivity index (χ3v) is 2.77. The van der Waals surface area contributed by atoms with Crippen molar-refractivity contribution in [1.82, 2.24) is 4.98 Å². The fourth-order valence-corrected chi connectivity index (χ4v) is 1.77. The molecular formula is C13H8BrN3O. The van der Waals surface area contributed by atoms with Gasteiger partial charge in [0, 0.05) is 16.9 Å². The van der Waals surface area contributed by atoms with Crippen LogP contribution in [0.3, 0.4) is 0 Å². The number of amides is 1. The highest BCUT2D eigenvalue weighted by atomic mass is 79.9. The van der Waals surface area contributed by atoms with Crippen LogP contribution in [-0.4, -0.2) is 10.9 Å². The zero-order valence-electron chi connectivity index (χ0n) is 9.22. The molecule has 1 heterocycles. The Morgan fingerprint density at radius 1 is 1.39 bits per heavy atom. The van der Waals surface area contributed by atoms with Gasteiger partial charge in [0.25, 0.3) is 5.91 Å². The van der Waals surface area contributed by atoms with Gasteiger partial charge in [-0.25, -0.2) is 0 Å². The number of carbonyl (C=O) groups excluding carboxylic acids is 1. The molecule has 1 aromatic heterocycles. The molecule has 1 N–H and O–H groups in total. The molecule has 0 atom stereocenters. The normalized spacial score (nSPS) is 9.56. The van der Waals surface area contributed by atoms with Crippen molar-refractivity contribution in [2.75, 3.05) is 5.32 Å². The number of pyridine rings is 1. The number of nitriles is 1. The van der Waals surface area contributed by atoms with E-state index in [-0.39, 0.29) is 5.91 Å². The van der Waals surface area contributed by atoms with E-state index in [1.165, 1.54) is 6.20 Å². The van der Waals surface area contributed by atoms with Crippen LogP contribution in [0.2, 0.25) is 0 Å². The average molecular weight is 302 g/mol. The van der Waals surface area contributed by atoms with Gasteiger partial charge < -0.3 is 5.32 Å². The van der Waals surface area contributed by atoms with E-state index in [1.54, 1.807) is 36.5 Å². The predicted molar refractivity (Wildman–Crippen MR) is 71.0 cm³/mol. The lowest BCUT2D eigenvalue weighted by atomic mass is 10.2. The first-order valence-electron chi connectivity index (χ1n) is 5.12. The molecular weight excluding hydrogens is 294 g/mol. The van der Waals surface area contributed by atoms with Gasteiger partial charge in [-0.05, 0) is 30.3 Å². The molecule has 4 nitrogen and oxygen atoms in total. The summed E-state index contributed by atoms with van der Waals surface area (Å²) in [7, 11) is 0. The van der Waals surface area contributed by atoms with E-state index >= 15 is 0 Å². The molecule has 0 spiro atoms. The molecule has 0 aliphatic carbocycles. The fraction of sp³-hybridized carbons (Fsp3) is 0. The van der Waals surface area contributed by atoms with Gasteiger partial charge >= 0.3 is 0 Å². The van der Waals surface area contributed by atoms with Gasteiger partial charge in [0.15, 0.2) is 0 Å². The quantitative estimate of drug-likeness (QED) is 0.927. The third-order valence-electron chi connectivity index (χ3n) is 2.27. The molecule has 1 amide bonds. The maximum atomic E-state index is 11.9. The van der Waals surface area contributed by atoms with Crippen molar-refractivity contribution in [3.8, 4) is 6.07 Å². The second kappa shape index (κ2) is 5.43. The molecule has 0 radical (unpaired) electrons. The van der Waals surface area contributed by atoms with Gasteiger partial charge in [0.2, 0.25) is 0 Å². The predicted octanol–water partition coefficient (Wildman–Crippen LogP) is 2.97. The summed E-state index contributed by atoms with van der Waals surface area (Å²) in [5.41, 5.74) is 1.33. The van der Waals surface area contributed by atoms with Crippen molar-refractivity contribution < 1.29 is 4.79 Å². The molecule has 0 saturated carbocycles. The Labute approximate surface area is 112 Å². The lowest BCUT2D eigenvalue weighted by Gasteiger charge is -2.07. The number of nitrogens with one attached hydrogen (secondary N) is 1. The monoisotopic (exact) mass is 301 g/mol. The van der Waals surface area contributed by atoms with Crippen molar-refractivity contribution in [1.29, 1.82) is 5.26 Å². The molecule has 18 heavy (non-hydrogen) atoms. The van der Waals surface area contributed by atoms with Crippen LogP contribution in [0.5, 0.6) is 0 Å². The van der Waals surface area contributed by atoms with Crippen LogP contribution < -0.4 is 5.32 Å². The van der Waals surface area contributed by atoms with Gasteiger partial charge in [-0.1, -0.05) is 15.9 Å². The Morgan fingerprint density at radius 2 is 2.22 bits per heavy atom. The van der Waals surface area contributed by atoms with E-state index < -0.39 is 0 Å². The van der Waals surface area contributed by atoms with E-state index in [1.807, 2.05) is 6.07 Å². The summed E-state index contributed by atoms with van der Waals surface area (Å²) in [6.45, 7) is 0. The summed E-state index contributed by atoms with van der Waals surface area (Å²) in [6, 6.07) is 10.4. The van der Waals surface area contributed by atoms with Crippen molar-refractivity contribution in [3.05, 3.63) is 58.3 Å².